The lowest BCUT2D eigenvalue weighted by Gasteiger charge is -2.28. The van der Waals surface area contributed by atoms with Crippen molar-refractivity contribution < 1.29 is 32.2 Å². The molecule has 2 aliphatic rings. The molecule has 0 aromatic heterocycles. The van der Waals surface area contributed by atoms with Crippen molar-refractivity contribution in [2.75, 3.05) is 6.54 Å². The van der Waals surface area contributed by atoms with Gasteiger partial charge in [0.2, 0.25) is 5.91 Å². The highest BCUT2D eigenvalue weighted by Crippen LogP contribution is 2.53. The summed E-state index contributed by atoms with van der Waals surface area (Å²) < 4.78 is 58.0. The summed E-state index contributed by atoms with van der Waals surface area (Å²) >= 11 is 6.46. The molecule has 0 spiro atoms. The fourth-order valence-corrected chi connectivity index (χ4v) is 4.63. The number of halogens is 4. The van der Waals surface area contributed by atoms with Gasteiger partial charge in [-0.3, -0.25) is 4.79 Å². The molecule has 0 unspecified atom stereocenters. The van der Waals surface area contributed by atoms with Gasteiger partial charge < -0.3 is 25.7 Å². The summed E-state index contributed by atoms with van der Waals surface area (Å²) in [6.45, 7) is -0.135. The number of benzene rings is 3. The van der Waals surface area contributed by atoms with Crippen molar-refractivity contribution in [2.24, 2.45) is 11.5 Å². The first-order valence-corrected chi connectivity index (χ1v) is 10.2. The van der Waals surface area contributed by atoms with Gasteiger partial charge in [-0.25, -0.2) is 4.39 Å². The molecule has 0 saturated heterocycles. The van der Waals surface area contributed by atoms with Gasteiger partial charge >= 0.3 is 6.29 Å². The molecule has 2 aliphatic heterocycles. The molecule has 170 valence electrons. The van der Waals surface area contributed by atoms with E-state index in [0.717, 1.165) is 0 Å². The maximum atomic E-state index is 15.0. The third kappa shape index (κ3) is 3.27. The molecule has 33 heavy (non-hydrogen) atoms. The minimum Gasteiger partial charge on any atom is -0.480 e. The maximum absolute atomic E-state index is 15.0. The van der Waals surface area contributed by atoms with Crippen LogP contribution in [-0.4, -0.2) is 18.7 Å². The van der Waals surface area contributed by atoms with Gasteiger partial charge in [-0.05, 0) is 30.3 Å². The van der Waals surface area contributed by atoms with Crippen molar-refractivity contribution in [3.63, 3.8) is 0 Å². The van der Waals surface area contributed by atoms with E-state index in [2.05, 4.69) is 4.74 Å². The molecule has 6 nitrogen and oxygen atoms in total. The second kappa shape index (κ2) is 7.29. The zero-order valence-electron chi connectivity index (χ0n) is 16.8. The third-order valence-electron chi connectivity index (χ3n) is 5.76. The van der Waals surface area contributed by atoms with Crippen LogP contribution in [0, 0.1) is 5.82 Å². The Morgan fingerprint density at radius 1 is 1.00 bits per heavy atom. The molecule has 4 N–H and O–H groups in total. The van der Waals surface area contributed by atoms with Gasteiger partial charge in [0.05, 0.1) is 0 Å². The average molecular weight is 477 g/mol. The van der Waals surface area contributed by atoms with Crippen LogP contribution in [0.1, 0.15) is 21.5 Å². The molecule has 0 aliphatic carbocycles. The molecule has 10 heteroatoms. The predicted octanol–water partition coefficient (Wildman–Crippen LogP) is 4.36. The highest BCUT2D eigenvalue weighted by atomic mass is 35.5. The van der Waals surface area contributed by atoms with Crippen molar-refractivity contribution in [1.82, 2.24) is 0 Å². The number of amides is 1. The number of rotatable bonds is 4. The van der Waals surface area contributed by atoms with Crippen molar-refractivity contribution in [2.45, 2.75) is 18.3 Å². The fraction of sp³-hybridized carbons (Fsp3) is 0.174. The van der Waals surface area contributed by atoms with E-state index in [0.29, 0.717) is 11.3 Å². The first-order valence-electron chi connectivity index (χ1n) is 9.84. The summed E-state index contributed by atoms with van der Waals surface area (Å²) in [6.07, 6.45) is -3.80. The van der Waals surface area contributed by atoms with E-state index in [1.165, 1.54) is 36.4 Å². The first-order chi connectivity index (χ1) is 15.7. The molecule has 5 rings (SSSR count). The van der Waals surface area contributed by atoms with E-state index >= 15 is 0 Å². The lowest BCUT2D eigenvalue weighted by atomic mass is 9.85. The number of fused-ring (bicyclic) bond motifs is 2. The van der Waals surface area contributed by atoms with E-state index in [-0.39, 0.29) is 51.7 Å². The number of hydrogen-bond donors (Lipinski definition) is 2. The number of hydrogen-bond acceptors (Lipinski definition) is 5. The van der Waals surface area contributed by atoms with E-state index in [4.69, 9.17) is 32.5 Å². The van der Waals surface area contributed by atoms with Crippen LogP contribution >= 0.6 is 11.6 Å². The topological polar surface area (TPSA) is 96.8 Å². The zero-order chi connectivity index (χ0) is 23.5. The van der Waals surface area contributed by atoms with Gasteiger partial charge in [0, 0.05) is 45.8 Å². The number of carbonyl (C=O) groups is 1. The molecule has 3 aromatic carbocycles. The highest BCUT2D eigenvalue weighted by molar-refractivity contribution is 6.34. The van der Waals surface area contributed by atoms with Crippen molar-refractivity contribution >= 4 is 17.5 Å². The Kier molecular flexibility index (Phi) is 4.73. The Morgan fingerprint density at radius 3 is 2.48 bits per heavy atom. The highest BCUT2D eigenvalue weighted by Gasteiger charge is 2.50. The summed E-state index contributed by atoms with van der Waals surface area (Å²) in [4.78, 5) is 12.0. The predicted molar refractivity (Wildman–Crippen MR) is 113 cm³/mol. The normalized spacial score (nSPS) is 19.8. The van der Waals surface area contributed by atoms with Gasteiger partial charge in [-0.1, -0.05) is 29.8 Å². The van der Waals surface area contributed by atoms with Gasteiger partial charge in [-0.15, -0.1) is 8.78 Å². The maximum Gasteiger partial charge on any atom is 0.586 e. The zero-order valence-corrected chi connectivity index (χ0v) is 17.6. The number of primary amides is 1. The van der Waals surface area contributed by atoms with Crippen LogP contribution in [0.2, 0.25) is 5.02 Å². The van der Waals surface area contributed by atoms with E-state index in [1.807, 2.05) is 0 Å². The summed E-state index contributed by atoms with van der Waals surface area (Å²) in [5, 5.41) is 0.155. The Labute approximate surface area is 190 Å². The molecular formula is C23H16ClF3N2O4. The van der Waals surface area contributed by atoms with Crippen molar-refractivity contribution in [3.05, 3.63) is 76.1 Å². The number of ether oxygens (including phenoxy) is 3. The lowest BCUT2D eigenvalue weighted by molar-refractivity contribution is -0.287. The summed E-state index contributed by atoms with van der Waals surface area (Å²) in [5.74, 6) is -1.59. The van der Waals surface area contributed by atoms with Crippen molar-refractivity contribution in [3.8, 4) is 28.4 Å². The number of carbonyl (C=O) groups excluding carboxylic acids is 1. The smallest absolute Gasteiger partial charge is 0.480 e. The second-order valence-electron chi connectivity index (χ2n) is 7.70. The Bertz CT molecular complexity index is 1320. The molecule has 0 radical (unpaired) electrons. The third-order valence-corrected chi connectivity index (χ3v) is 6.08. The largest absolute Gasteiger partial charge is 0.586 e. The van der Waals surface area contributed by atoms with Gasteiger partial charge in [0.15, 0.2) is 17.1 Å². The van der Waals surface area contributed by atoms with Gasteiger partial charge in [0.25, 0.3) is 0 Å². The average Bonchev–Trinajstić information content (AvgIpc) is 3.30. The van der Waals surface area contributed by atoms with Crippen LogP contribution in [0.4, 0.5) is 13.2 Å². The van der Waals surface area contributed by atoms with Crippen molar-refractivity contribution in [1.29, 1.82) is 0 Å². The summed E-state index contributed by atoms with van der Waals surface area (Å²) in [5.41, 5.74) is 11.0. The van der Waals surface area contributed by atoms with E-state index in [9.17, 15) is 18.0 Å². The van der Waals surface area contributed by atoms with Crippen LogP contribution in [0.15, 0.2) is 48.5 Å². The molecule has 1 amide bonds. The Hall–Kier alpha value is -3.43. The number of para-hydroxylation sites is 1. The van der Waals surface area contributed by atoms with Crippen LogP contribution in [-0.2, 0) is 12.0 Å². The van der Waals surface area contributed by atoms with E-state index < -0.39 is 23.6 Å². The summed E-state index contributed by atoms with van der Waals surface area (Å²) in [7, 11) is 0. The monoisotopic (exact) mass is 476 g/mol. The fourth-order valence-electron chi connectivity index (χ4n) is 4.36. The minimum absolute atomic E-state index is 0.0344. The van der Waals surface area contributed by atoms with Crippen LogP contribution < -0.4 is 25.7 Å². The quantitative estimate of drug-likeness (QED) is 0.583. The summed E-state index contributed by atoms with van der Waals surface area (Å²) in [6, 6.07) is 11.4. The van der Waals surface area contributed by atoms with Gasteiger partial charge in [-0.2, -0.15) is 0 Å². The van der Waals surface area contributed by atoms with Crippen LogP contribution in [0.25, 0.3) is 11.1 Å². The van der Waals surface area contributed by atoms with Crippen LogP contribution in [0.5, 0.6) is 17.2 Å². The standard InChI is InChI=1S/C23H16ClF3N2O4/c24-14-7-8-16-12(18(14)19-11(21(29)30)3-1-5-15(19)25)9-22(10-28,31-16)13-4-2-6-17-20(13)33-23(26,27)32-17/h1-8H,9-10,28H2,(H2,29,30)/t22-/m1/s1. The van der Waals surface area contributed by atoms with Crippen LogP contribution in [0.3, 0.4) is 0 Å². The molecule has 0 bridgehead atoms. The Balaban J connectivity index is 1.69. The SMILES string of the molecule is NC[C@@]1(c2cccc3c2OC(F)(F)O3)Cc2c(ccc(Cl)c2-c2c(F)cccc2C(N)=O)O1. The molecule has 1 atom stereocenters. The first kappa shape index (κ1) is 21.4. The molecule has 0 saturated carbocycles. The number of alkyl halides is 2. The minimum atomic E-state index is -3.84. The molecule has 2 heterocycles. The second-order valence-corrected chi connectivity index (χ2v) is 8.11. The molecular weight excluding hydrogens is 461 g/mol. The Morgan fingerprint density at radius 2 is 1.76 bits per heavy atom. The molecule has 0 fully saturated rings. The molecule has 3 aromatic rings. The van der Waals surface area contributed by atoms with Gasteiger partial charge in [0.1, 0.15) is 11.6 Å². The number of nitrogens with two attached hydrogens (primary N) is 2. The van der Waals surface area contributed by atoms with E-state index in [1.54, 1.807) is 12.1 Å². The lowest BCUT2D eigenvalue weighted by Crippen LogP contribution is -2.40.